The van der Waals surface area contributed by atoms with E-state index in [0.717, 1.165) is 10.8 Å². The first kappa shape index (κ1) is 24.7. The predicted octanol–water partition coefficient (Wildman–Crippen LogP) is -3.04. The van der Waals surface area contributed by atoms with E-state index in [-0.39, 0.29) is 6.17 Å². The second kappa shape index (κ2) is 9.44. The van der Waals surface area contributed by atoms with Gasteiger partial charge in [0.25, 0.3) is 0 Å². The molecular formula is C17H26ClN3O6S. The van der Waals surface area contributed by atoms with Crippen LogP contribution in [0.25, 0.3) is 10.8 Å². The Balaban J connectivity index is 0.000000696. The summed E-state index contributed by atoms with van der Waals surface area (Å²) in [6.45, 7) is 0.664. The Morgan fingerprint density at radius 2 is 1.50 bits per heavy atom. The number of benzene rings is 2. The summed E-state index contributed by atoms with van der Waals surface area (Å²) < 4.78 is 63.3. The van der Waals surface area contributed by atoms with Crippen molar-refractivity contribution in [3.05, 3.63) is 42.5 Å². The molecule has 0 spiro atoms. The molecule has 1 atom stereocenters. The molecule has 0 aliphatic carbocycles. The van der Waals surface area contributed by atoms with Crippen molar-refractivity contribution in [2.75, 3.05) is 41.8 Å². The molecule has 0 saturated heterocycles. The fraction of sp³-hybridized carbons (Fsp3) is 0.412. The van der Waals surface area contributed by atoms with Crippen LogP contribution in [0.3, 0.4) is 0 Å². The summed E-state index contributed by atoms with van der Waals surface area (Å²) in [5.41, 5.74) is 0. The first-order chi connectivity index (χ1) is 12.6. The van der Waals surface area contributed by atoms with Gasteiger partial charge in [-0.1, -0.05) is 36.4 Å². The zero-order valence-electron chi connectivity index (χ0n) is 16.5. The van der Waals surface area contributed by atoms with Gasteiger partial charge in [0.2, 0.25) is 10.0 Å². The van der Waals surface area contributed by atoms with Gasteiger partial charge in [-0.3, -0.25) is 4.90 Å². The van der Waals surface area contributed by atoms with Crippen molar-refractivity contribution in [1.82, 2.24) is 9.62 Å². The number of quaternary nitrogens is 1. The lowest BCUT2D eigenvalue weighted by Gasteiger charge is -2.33. The molecule has 1 N–H and O–H groups in total. The van der Waals surface area contributed by atoms with Gasteiger partial charge in [0.1, 0.15) is 12.7 Å². The summed E-state index contributed by atoms with van der Waals surface area (Å²) in [6.07, 6.45) is -0.279. The van der Waals surface area contributed by atoms with Crippen LogP contribution in [0.5, 0.6) is 0 Å². The van der Waals surface area contributed by atoms with Crippen LogP contribution in [0.15, 0.2) is 47.4 Å². The number of hydrogen-bond donors (Lipinski definition) is 1. The van der Waals surface area contributed by atoms with Crippen molar-refractivity contribution < 1.29 is 41.8 Å². The molecule has 2 aromatic carbocycles. The quantitative estimate of drug-likeness (QED) is 0.375. The third-order valence-electron chi connectivity index (χ3n) is 3.67. The molecule has 0 aromatic heterocycles. The highest BCUT2D eigenvalue weighted by molar-refractivity contribution is 7.89. The van der Waals surface area contributed by atoms with Gasteiger partial charge < -0.3 is 4.48 Å². The average Bonchev–Trinajstić information content (AvgIpc) is 2.50. The van der Waals surface area contributed by atoms with Gasteiger partial charge in [-0.2, -0.15) is 4.72 Å². The van der Waals surface area contributed by atoms with Crippen LogP contribution in [0.4, 0.5) is 0 Å². The van der Waals surface area contributed by atoms with Crippen LogP contribution >= 0.6 is 0 Å². The molecular weight excluding hydrogens is 410 g/mol. The van der Waals surface area contributed by atoms with Gasteiger partial charge in [0.15, 0.2) is 0 Å². The highest BCUT2D eigenvalue weighted by atomic mass is 35.7. The minimum absolute atomic E-state index is 0.279. The number of likely N-dealkylation sites (N-methyl/N-ethyl adjacent to an activating group) is 2. The summed E-state index contributed by atoms with van der Waals surface area (Å²) in [4.78, 5) is 2.22. The maximum atomic E-state index is 12.9. The van der Waals surface area contributed by atoms with E-state index in [2.05, 4.69) is 4.72 Å². The molecule has 28 heavy (non-hydrogen) atoms. The SMILES string of the molecule is CN(C)C(C[N+](C)(C)C)NS(=O)(=O)c1cccc2ccccc12.[O-][Cl+3]([O-])([O-])[O-]. The number of rotatable bonds is 6. The van der Waals surface area contributed by atoms with Crippen LogP contribution in [0, 0.1) is 10.2 Å². The summed E-state index contributed by atoms with van der Waals surface area (Å²) in [7, 11) is 1.35. The number of nitrogens with one attached hydrogen (secondary N) is 1. The summed E-state index contributed by atoms with van der Waals surface area (Å²) >= 11 is 0. The van der Waals surface area contributed by atoms with Crippen LogP contribution < -0.4 is 23.4 Å². The normalized spacial score (nSPS) is 13.9. The maximum absolute atomic E-state index is 12.9. The third kappa shape index (κ3) is 8.78. The van der Waals surface area contributed by atoms with Crippen LogP contribution in [-0.2, 0) is 10.0 Å². The number of fused-ring (bicyclic) bond motifs is 1. The first-order valence-corrected chi connectivity index (χ1v) is 10.9. The topological polar surface area (TPSA) is 142 Å². The van der Waals surface area contributed by atoms with E-state index in [0.29, 0.717) is 15.9 Å². The first-order valence-electron chi connectivity index (χ1n) is 8.19. The van der Waals surface area contributed by atoms with Crippen molar-refractivity contribution in [2.45, 2.75) is 11.1 Å². The molecule has 11 heteroatoms. The summed E-state index contributed by atoms with van der Waals surface area (Å²) in [5, 5.41) is 1.66. The van der Waals surface area contributed by atoms with E-state index in [4.69, 9.17) is 18.6 Å². The molecule has 158 valence electrons. The Bertz CT molecular complexity index is 867. The van der Waals surface area contributed by atoms with Gasteiger partial charge in [-0.15, -0.1) is 10.2 Å². The molecule has 0 amide bonds. The molecule has 0 aliphatic rings. The van der Waals surface area contributed by atoms with E-state index in [1.54, 1.807) is 12.1 Å². The smallest absolute Gasteiger partial charge is 0.242 e. The van der Waals surface area contributed by atoms with E-state index in [9.17, 15) is 8.42 Å². The molecule has 0 saturated carbocycles. The van der Waals surface area contributed by atoms with Gasteiger partial charge in [0.05, 0.1) is 26.0 Å². The number of nitrogens with zero attached hydrogens (tertiary/aromatic N) is 2. The second-order valence-corrected chi connectivity index (χ2v) is 9.87. The zero-order chi connectivity index (χ0) is 21.8. The molecule has 2 aromatic rings. The molecule has 2 rings (SSSR count). The molecule has 0 bridgehead atoms. The molecule has 9 nitrogen and oxygen atoms in total. The van der Waals surface area contributed by atoms with Crippen LogP contribution in [-0.4, -0.2) is 65.7 Å². The molecule has 0 aliphatic heterocycles. The molecule has 0 fully saturated rings. The fourth-order valence-corrected chi connectivity index (χ4v) is 4.00. The Kier molecular flexibility index (Phi) is 8.33. The number of sulfonamides is 1. The minimum Gasteiger partial charge on any atom is -0.328 e. The standard InChI is InChI=1S/C17H26N3O2S.ClHO4/c1-19(2)17(13-20(3,4)5)18-23(21,22)16-12-8-10-14-9-6-7-11-15(14)16;2-1(3,4)5/h6-12,17-18H,13H2,1-5H3;(H,2,3,4,5)/q+1;/p-1. The van der Waals surface area contributed by atoms with Crippen molar-refractivity contribution in [2.24, 2.45) is 0 Å². The number of halogens is 1. The second-order valence-electron chi connectivity index (χ2n) is 7.43. The molecule has 0 heterocycles. The monoisotopic (exact) mass is 435 g/mol. The average molecular weight is 436 g/mol. The van der Waals surface area contributed by atoms with Crippen molar-refractivity contribution in [3.63, 3.8) is 0 Å². The lowest BCUT2D eigenvalue weighted by molar-refractivity contribution is -2.00. The van der Waals surface area contributed by atoms with Gasteiger partial charge in [-0.05, 0) is 25.5 Å². The van der Waals surface area contributed by atoms with E-state index < -0.39 is 20.3 Å². The highest BCUT2D eigenvalue weighted by Gasteiger charge is 2.27. The fourth-order valence-electron chi connectivity index (χ4n) is 2.50. The minimum atomic E-state index is -4.94. The molecule has 0 radical (unpaired) electrons. The third-order valence-corrected chi connectivity index (χ3v) is 5.19. The summed E-state index contributed by atoms with van der Waals surface area (Å²) in [5.74, 6) is 0. The van der Waals surface area contributed by atoms with Gasteiger partial charge >= 0.3 is 0 Å². The zero-order valence-corrected chi connectivity index (χ0v) is 18.0. The Labute approximate surface area is 167 Å². The lowest BCUT2D eigenvalue weighted by atomic mass is 10.1. The van der Waals surface area contributed by atoms with E-state index >= 15 is 0 Å². The number of hydrogen-bond acceptors (Lipinski definition) is 7. The largest absolute Gasteiger partial charge is 0.328 e. The molecule has 1 unspecified atom stereocenters. The van der Waals surface area contributed by atoms with Crippen molar-refractivity contribution in [1.29, 1.82) is 0 Å². The van der Waals surface area contributed by atoms with Crippen molar-refractivity contribution >= 4 is 20.8 Å². The van der Waals surface area contributed by atoms with Crippen LogP contribution in [0.2, 0.25) is 0 Å². The van der Waals surface area contributed by atoms with Crippen molar-refractivity contribution in [3.8, 4) is 0 Å². The Morgan fingerprint density at radius 3 is 2.00 bits per heavy atom. The Morgan fingerprint density at radius 1 is 1.00 bits per heavy atom. The van der Waals surface area contributed by atoms with Crippen LogP contribution in [0.1, 0.15) is 0 Å². The van der Waals surface area contributed by atoms with E-state index in [1.165, 1.54) is 0 Å². The van der Waals surface area contributed by atoms with E-state index in [1.807, 2.05) is 70.5 Å². The highest BCUT2D eigenvalue weighted by Crippen LogP contribution is 2.23. The predicted molar refractivity (Wildman–Crippen MR) is 94.6 cm³/mol. The van der Waals surface area contributed by atoms with Gasteiger partial charge in [-0.25, -0.2) is 27.1 Å². The summed E-state index contributed by atoms with van der Waals surface area (Å²) in [6, 6.07) is 12.9. The Hall–Kier alpha value is -1.34. The maximum Gasteiger partial charge on any atom is 0.242 e. The lowest BCUT2D eigenvalue weighted by Crippen LogP contribution is -2.68. The van der Waals surface area contributed by atoms with Gasteiger partial charge in [0, 0.05) is 5.39 Å².